The standard InChI is InChI=1S/C34H45N3O5S/c1-7-27(4)35-34(39)32(23-28-13-9-8-10-14-28)36(24-29-15-11-16-30(22-29)42-5)33(38)17-12-20-37(43(6,40)41)31-21-25(2)18-19-26(31)3/h8-11,13-16,18-19,21-22,27,32H,7,12,17,20,23-24H2,1-6H3,(H,35,39)/t27-,32-/m0/s1. The Kier molecular flexibility index (Phi) is 12.2. The van der Waals surface area contributed by atoms with Gasteiger partial charge in [0.1, 0.15) is 11.8 Å². The molecule has 0 bridgehead atoms. The van der Waals surface area contributed by atoms with Crippen molar-refractivity contribution in [2.45, 2.75) is 72.0 Å². The van der Waals surface area contributed by atoms with Gasteiger partial charge in [-0.15, -0.1) is 0 Å². The number of rotatable bonds is 15. The number of aryl methyl sites for hydroxylation is 2. The molecular weight excluding hydrogens is 562 g/mol. The lowest BCUT2D eigenvalue weighted by atomic mass is 10.0. The molecule has 0 saturated carbocycles. The topological polar surface area (TPSA) is 96.0 Å². The molecule has 0 aromatic heterocycles. The molecule has 2 atom stereocenters. The van der Waals surface area contributed by atoms with E-state index in [4.69, 9.17) is 4.74 Å². The number of nitrogens with one attached hydrogen (secondary N) is 1. The molecule has 9 heteroatoms. The number of sulfonamides is 1. The van der Waals surface area contributed by atoms with Crippen LogP contribution in [0.1, 0.15) is 55.4 Å². The molecule has 43 heavy (non-hydrogen) atoms. The molecule has 3 aromatic rings. The van der Waals surface area contributed by atoms with Gasteiger partial charge in [0.2, 0.25) is 21.8 Å². The van der Waals surface area contributed by atoms with Crippen LogP contribution in [0, 0.1) is 13.8 Å². The van der Waals surface area contributed by atoms with Gasteiger partial charge in [-0.1, -0.05) is 61.5 Å². The summed E-state index contributed by atoms with van der Waals surface area (Å²) in [5.74, 6) is 0.214. The number of ether oxygens (including phenoxy) is 1. The third-order valence-corrected chi connectivity index (χ3v) is 8.72. The SMILES string of the molecule is CC[C@H](C)NC(=O)[C@H](Cc1ccccc1)N(Cc1cccc(OC)c1)C(=O)CCCN(c1cc(C)ccc1C)S(C)(=O)=O. The highest BCUT2D eigenvalue weighted by Gasteiger charge is 2.31. The van der Waals surface area contributed by atoms with E-state index in [2.05, 4.69) is 5.32 Å². The van der Waals surface area contributed by atoms with Crippen molar-refractivity contribution in [2.75, 3.05) is 24.2 Å². The van der Waals surface area contributed by atoms with Crippen molar-refractivity contribution in [3.63, 3.8) is 0 Å². The van der Waals surface area contributed by atoms with Crippen LogP contribution in [-0.2, 0) is 32.6 Å². The molecule has 8 nitrogen and oxygen atoms in total. The molecule has 0 aliphatic rings. The smallest absolute Gasteiger partial charge is 0.243 e. The largest absolute Gasteiger partial charge is 0.497 e. The molecule has 3 rings (SSSR count). The molecule has 1 N–H and O–H groups in total. The number of methoxy groups -OCH3 is 1. The zero-order chi connectivity index (χ0) is 31.6. The Balaban J connectivity index is 1.93. The molecule has 0 aliphatic carbocycles. The second kappa shape index (κ2) is 15.6. The van der Waals surface area contributed by atoms with Crippen molar-refractivity contribution in [3.05, 3.63) is 95.1 Å². The second-order valence-electron chi connectivity index (χ2n) is 11.1. The number of amides is 2. The molecule has 0 fully saturated rings. The van der Waals surface area contributed by atoms with Crippen LogP contribution in [0.3, 0.4) is 0 Å². The Morgan fingerprint density at radius 1 is 0.953 bits per heavy atom. The van der Waals surface area contributed by atoms with Crippen LogP contribution >= 0.6 is 0 Å². The number of hydrogen-bond donors (Lipinski definition) is 1. The summed E-state index contributed by atoms with van der Waals surface area (Å²) in [5, 5.41) is 3.08. The van der Waals surface area contributed by atoms with Gasteiger partial charge in [-0.2, -0.15) is 0 Å². The highest BCUT2D eigenvalue weighted by atomic mass is 32.2. The van der Waals surface area contributed by atoms with Gasteiger partial charge in [-0.25, -0.2) is 8.42 Å². The van der Waals surface area contributed by atoms with Gasteiger partial charge < -0.3 is 15.0 Å². The van der Waals surface area contributed by atoms with Crippen LogP contribution in [0.5, 0.6) is 5.75 Å². The molecule has 0 heterocycles. The van der Waals surface area contributed by atoms with Crippen LogP contribution in [-0.4, -0.2) is 57.1 Å². The van der Waals surface area contributed by atoms with Gasteiger partial charge in [0, 0.05) is 32.0 Å². The van der Waals surface area contributed by atoms with Crippen LogP contribution < -0.4 is 14.4 Å². The van der Waals surface area contributed by atoms with Gasteiger partial charge in [-0.3, -0.25) is 13.9 Å². The number of carbonyl (C=O) groups excluding carboxylic acids is 2. The van der Waals surface area contributed by atoms with Crippen molar-refractivity contribution in [3.8, 4) is 5.75 Å². The van der Waals surface area contributed by atoms with Crippen molar-refractivity contribution in [2.24, 2.45) is 0 Å². The van der Waals surface area contributed by atoms with E-state index in [1.165, 1.54) is 10.6 Å². The number of nitrogens with zero attached hydrogens (tertiary/aromatic N) is 2. The van der Waals surface area contributed by atoms with Crippen LogP contribution in [0.15, 0.2) is 72.8 Å². The maximum Gasteiger partial charge on any atom is 0.243 e. The molecular formula is C34H45N3O5S. The Labute approximate surface area is 257 Å². The number of hydrogen-bond acceptors (Lipinski definition) is 5. The summed E-state index contributed by atoms with van der Waals surface area (Å²) < 4.78 is 32.4. The number of anilines is 1. The number of carbonyl (C=O) groups is 2. The average molecular weight is 608 g/mol. The van der Waals surface area contributed by atoms with Crippen LogP contribution in [0.2, 0.25) is 0 Å². The van der Waals surface area contributed by atoms with Gasteiger partial charge >= 0.3 is 0 Å². The van der Waals surface area contributed by atoms with E-state index < -0.39 is 16.1 Å². The summed E-state index contributed by atoms with van der Waals surface area (Å²) in [6, 6.07) is 22.0. The minimum absolute atomic E-state index is 0.0552. The first-order chi connectivity index (χ1) is 20.4. The van der Waals surface area contributed by atoms with Gasteiger partial charge in [0.15, 0.2) is 0 Å². The maximum absolute atomic E-state index is 14.0. The summed E-state index contributed by atoms with van der Waals surface area (Å²) >= 11 is 0. The highest BCUT2D eigenvalue weighted by Crippen LogP contribution is 2.25. The zero-order valence-electron chi connectivity index (χ0n) is 26.2. The summed E-state index contributed by atoms with van der Waals surface area (Å²) in [4.78, 5) is 29.4. The maximum atomic E-state index is 14.0. The lowest BCUT2D eigenvalue weighted by Crippen LogP contribution is -2.52. The normalized spacial score (nSPS) is 12.7. The third kappa shape index (κ3) is 9.85. The van der Waals surface area contributed by atoms with Gasteiger partial charge in [0.05, 0.1) is 19.1 Å². The fourth-order valence-corrected chi connectivity index (χ4v) is 5.95. The molecule has 0 radical (unpaired) electrons. The first-order valence-electron chi connectivity index (χ1n) is 14.7. The summed E-state index contributed by atoms with van der Waals surface area (Å²) in [5.41, 5.74) is 4.17. The Hall–Kier alpha value is -3.85. The van der Waals surface area contributed by atoms with Gasteiger partial charge in [-0.05, 0) is 74.1 Å². The highest BCUT2D eigenvalue weighted by molar-refractivity contribution is 7.92. The average Bonchev–Trinajstić information content (AvgIpc) is 2.98. The molecule has 0 spiro atoms. The molecule has 0 unspecified atom stereocenters. The molecule has 3 aromatic carbocycles. The van der Waals surface area contributed by atoms with E-state index in [1.54, 1.807) is 12.0 Å². The van der Waals surface area contributed by atoms with E-state index in [0.29, 0.717) is 24.3 Å². The molecule has 0 saturated heterocycles. The minimum Gasteiger partial charge on any atom is -0.497 e. The second-order valence-corrected chi connectivity index (χ2v) is 13.0. The molecule has 2 amide bonds. The predicted octanol–water partition coefficient (Wildman–Crippen LogP) is 5.41. The Bertz CT molecular complexity index is 1480. The van der Waals surface area contributed by atoms with E-state index in [1.807, 2.05) is 100 Å². The minimum atomic E-state index is -3.59. The van der Waals surface area contributed by atoms with Crippen molar-refractivity contribution >= 4 is 27.5 Å². The lowest BCUT2D eigenvalue weighted by molar-refractivity contribution is -0.141. The monoisotopic (exact) mass is 607 g/mol. The quantitative estimate of drug-likeness (QED) is 0.249. The third-order valence-electron chi connectivity index (χ3n) is 7.54. The fourth-order valence-electron chi connectivity index (χ4n) is 4.93. The Morgan fingerprint density at radius 3 is 2.30 bits per heavy atom. The summed E-state index contributed by atoms with van der Waals surface area (Å²) in [6.45, 7) is 8.08. The van der Waals surface area contributed by atoms with E-state index in [0.717, 1.165) is 28.7 Å². The van der Waals surface area contributed by atoms with Crippen molar-refractivity contribution < 1.29 is 22.7 Å². The van der Waals surface area contributed by atoms with Crippen LogP contribution in [0.25, 0.3) is 0 Å². The first kappa shape index (κ1) is 33.6. The van der Waals surface area contributed by atoms with Gasteiger partial charge in [0.25, 0.3) is 0 Å². The summed E-state index contributed by atoms with van der Waals surface area (Å²) in [7, 11) is -2.00. The van der Waals surface area contributed by atoms with E-state index >= 15 is 0 Å². The van der Waals surface area contributed by atoms with Crippen molar-refractivity contribution in [1.82, 2.24) is 10.2 Å². The van der Waals surface area contributed by atoms with E-state index in [9.17, 15) is 18.0 Å². The predicted molar refractivity (Wildman–Crippen MR) is 173 cm³/mol. The summed E-state index contributed by atoms with van der Waals surface area (Å²) in [6.07, 6.45) is 2.65. The van der Waals surface area contributed by atoms with Crippen LogP contribution in [0.4, 0.5) is 5.69 Å². The lowest BCUT2D eigenvalue weighted by Gasteiger charge is -2.33. The Morgan fingerprint density at radius 2 is 1.65 bits per heavy atom. The molecule has 0 aliphatic heterocycles. The van der Waals surface area contributed by atoms with E-state index in [-0.39, 0.29) is 37.4 Å². The van der Waals surface area contributed by atoms with Crippen molar-refractivity contribution in [1.29, 1.82) is 0 Å². The number of benzene rings is 3. The fraction of sp³-hybridized carbons (Fsp3) is 0.412. The molecule has 232 valence electrons. The first-order valence-corrected chi connectivity index (χ1v) is 16.6. The zero-order valence-corrected chi connectivity index (χ0v) is 27.0.